The first-order chi connectivity index (χ1) is 4.70. The molecule has 0 aromatic carbocycles. The van der Waals surface area contributed by atoms with Crippen LogP contribution in [0.5, 0.6) is 0 Å². The molecule has 0 bridgehead atoms. The molecule has 10 heavy (non-hydrogen) atoms. The predicted molar refractivity (Wildman–Crippen MR) is 37.8 cm³/mol. The fraction of sp³-hybridized carbons (Fsp3) is 1.00. The lowest BCUT2D eigenvalue weighted by molar-refractivity contribution is -0.110. The second-order valence-corrected chi connectivity index (χ2v) is 3.04. The molecule has 0 amide bonds. The van der Waals surface area contributed by atoms with Gasteiger partial charge in [-0.2, -0.15) is 5.06 Å². The van der Waals surface area contributed by atoms with E-state index in [9.17, 15) is 0 Å². The lowest BCUT2D eigenvalue weighted by Gasteiger charge is -2.18. The molecule has 2 N–H and O–H groups in total. The first kappa shape index (κ1) is 7.98. The third kappa shape index (κ3) is 1.94. The van der Waals surface area contributed by atoms with Crippen molar-refractivity contribution in [1.82, 2.24) is 5.06 Å². The molecule has 1 unspecified atom stereocenters. The number of rotatable bonds is 2. The fourth-order valence-electron chi connectivity index (χ4n) is 1.45. The van der Waals surface area contributed by atoms with Gasteiger partial charge in [-0.1, -0.05) is 0 Å². The summed E-state index contributed by atoms with van der Waals surface area (Å²) in [6, 6.07) is 0.194. The van der Waals surface area contributed by atoms with Gasteiger partial charge in [0.15, 0.2) is 0 Å². The second kappa shape index (κ2) is 3.32. The molecule has 0 saturated carbocycles. The first-order valence-electron chi connectivity index (χ1n) is 3.83. The molecule has 3 nitrogen and oxygen atoms in total. The highest BCUT2D eigenvalue weighted by molar-refractivity contribution is 4.74. The third-order valence-corrected chi connectivity index (χ3v) is 1.96. The Labute approximate surface area is 61.2 Å². The Hall–Kier alpha value is -0.120. The summed E-state index contributed by atoms with van der Waals surface area (Å²) in [6.07, 6.45) is 2.46. The molecule has 0 aromatic heterocycles. The van der Waals surface area contributed by atoms with Gasteiger partial charge in [0.25, 0.3) is 0 Å². The summed E-state index contributed by atoms with van der Waals surface area (Å²) < 4.78 is 0. The smallest absolute Gasteiger partial charge is 0.0527 e. The lowest BCUT2D eigenvalue weighted by atomic mass is 10.1. The van der Waals surface area contributed by atoms with E-state index >= 15 is 0 Å². The van der Waals surface area contributed by atoms with Crippen molar-refractivity contribution in [3.05, 3.63) is 0 Å². The van der Waals surface area contributed by atoms with Gasteiger partial charge in [-0.05, 0) is 26.2 Å². The van der Waals surface area contributed by atoms with Crippen molar-refractivity contribution < 1.29 is 10.3 Å². The van der Waals surface area contributed by atoms with Gasteiger partial charge >= 0.3 is 0 Å². The molecule has 1 saturated heterocycles. The van der Waals surface area contributed by atoms with Crippen LogP contribution in [-0.4, -0.2) is 34.1 Å². The van der Waals surface area contributed by atoms with Crippen LogP contribution in [-0.2, 0) is 0 Å². The summed E-state index contributed by atoms with van der Waals surface area (Å²) in [5, 5.41) is 19.5. The number of nitrogens with zero attached hydrogens (tertiary/aromatic N) is 1. The van der Waals surface area contributed by atoms with Crippen LogP contribution in [0.15, 0.2) is 0 Å². The number of aliphatic hydroxyl groups is 1. The van der Waals surface area contributed by atoms with Gasteiger partial charge < -0.3 is 10.3 Å². The fourth-order valence-corrected chi connectivity index (χ4v) is 1.45. The second-order valence-electron chi connectivity index (χ2n) is 3.04. The van der Waals surface area contributed by atoms with E-state index in [4.69, 9.17) is 10.3 Å². The number of aliphatic hydroxyl groups excluding tert-OH is 1. The average Bonchev–Trinajstić information content (AvgIpc) is 2.15. The normalized spacial score (nSPS) is 30.9. The van der Waals surface area contributed by atoms with E-state index < -0.39 is 0 Å². The Morgan fingerprint density at radius 1 is 1.70 bits per heavy atom. The zero-order valence-electron chi connectivity index (χ0n) is 6.32. The van der Waals surface area contributed by atoms with Crippen molar-refractivity contribution in [1.29, 1.82) is 0 Å². The molecule has 1 aliphatic rings. The van der Waals surface area contributed by atoms with Gasteiger partial charge in [0, 0.05) is 12.6 Å². The number of hydrogen-bond acceptors (Lipinski definition) is 3. The minimum absolute atomic E-state index is 0.194. The van der Waals surface area contributed by atoms with Gasteiger partial charge in [0.05, 0.1) is 6.10 Å². The number of hydrogen-bond donors (Lipinski definition) is 2. The lowest BCUT2D eigenvalue weighted by Crippen LogP contribution is -2.28. The highest BCUT2D eigenvalue weighted by Gasteiger charge is 2.23. The molecule has 60 valence electrons. The maximum atomic E-state index is 9.16. The third-order valence-electron chi connectivity index (χ3n) is 1.96. The van der Waals surface area contributed by atoms with E-state index in [0.29, 0.717) is 6.42 Å². The van der Waals surface area contributed by atoms with Crippen LogP contribution in [0, 0.1) is 0 Å². The Morgan fingerprint density at radius 2 is 2.40 bits per heavy atom. The van der Waals surface area contributed by atoms with Crippen LogP contribution >= 0.6 is 0 Å². The maximum absolute atomic E-state index is 9.16. The van der Waals surface area contributed by atoms with Crippen LogP contribution in [0.25, 0.3) is 0 Å². The van der Waals surface area contributed by atoms with Crippen LogP contribution in [0.3, 0.4) is 0 Å². The molecule has 1 fully saturated rings. The van der Waals surface area contributed by atoms with Crippen LogP contribution < -0.4 is 0 Å². The van der Waals surface area contributed by atoms with Crippen LogP contribution in [0.2, 0.25) is 0 Å². The molecule has 0 radical (unpaired) electrons. The minimum Gasteiger partial charge on any atom is -0.393 e. The zero-order chi connectivity index (χ0) is 7.56. The van der Waals surface area contributed by atoms with Gasteiger partial charge in [-0.3, -0.25) is 0 Å². The standard InChI is InChI=1S/C7H15NO2/c1-6(9)5-7-3-2-4-8(7)10/h6-7,9-10H,2-5H2,1H3/t6-,7?/m1/s1. The van der Waals surface area contributed by atoms with Gasteiger partial charge in [0.2, 0.25) is 0 Å². The molecule has 1 rings (SSSR count). The minimum atomic E-state index is -0.294. The summed E-state index contributed by atoms with van der Waals surface area (Å²) in [6.45, 7) is 2.52. The quantitative estimate of drug-likeness (QED) is 0.598. The summed E-state index contributed by atoms with van der Waals surface area (Å²) in [4.78, 5) is 0. The Kier molecular flexibility index (Phi) is 2.65. The highest BCUT2D eigenvalue weighted by Crippen LogP contribution is 2.18. The van der Waals surface area contributed by atoms with E-state index in [0.717, 1.165) is 19.4 Å². The number of hydroxylamine groups is 2. The Morgan fingerprint density at radius 3 is 2.80 bits per heavy atom. The van der Waals surface area contributed by atoms with Crippen molar-refractivity contribution in [2.75, 3.05) is 6.54 Å². The maximum Gasteiger partial charge on any atom is 0.0527 e. The molecule has 3 heteroatoms. The van der Waals surface area contributed by atoms with Gasteiger partial charge in [-0.15, -0.1) is 0 Å². The van der Waals surface area contributed by atoms with Crippen molar-refractivity contribution in [2.24, 2.45) is 0 Å². The van der Waals surface area contributed by atoms with E-state index in [1.807, 2.05) is 0 Å². The zero-order valence-corrected chi connectivity index (χ0v) is 6.32. The van der Waals surface area contributed by atoms with E-state index in [1.54, 1.807) is 6.92 Å². The summed E-state index contributed by atoms with van der Waals surface area (Å²) in [5.74, 6) is 0. The van der Waals surface area contributed by atoms with E-state index in [-0.39, 0.29) is 12.1 Å². The average molecular weight is 145 g/mol. The Bertz CT molecular complexity index is 106. The van der Waals surface area contributed by atoms with Crippen molar-refractivity contribution in [3.63, 3.8) is 0 Å². The van der Waals surface area contributed by atoms with E-state index in [1.165, 1.54) is 5.06 Å². The topological polar surface area (TPSA) is 43.7 Å². The SMILES string of the molecule is C[C@@H](O)CC1CCCN1O. The Balaban J connectivity index is 2.26. The molecule has 0 spiro atoms. The van der Waals surface area contributed by atoms with Gasteiger partial charge in [-0.25, -0.2) is 0 Å². The largest absolute Gasteiger partial charge is 0.393 e. The first-order valence-corrected chi connectivity index (χ1v) is 3.83. The highest BCUT2D eigenvalue weighted by atomic mass is 16.5. The monoisotopic (exact) mass is 145 g/mol. The van der Waals surface area contributed by atoms with Crippen molar-refractivity contribution in [3.8, 4) is 0 Å². The molecule has 0 aliphatic carbocycles. The summed E-state index contributed by atoms with van der Waals surface area (Å²) >= 11 is 0. The van der Waals surface area contributed by atoms with Crippen molar-refractivity contribution >= 4 is 0 Å². The van der Waals surface area contributed by atoms with E-state index in [2.05, 4.69) is 0 Å². The predicted octanol–water partition coefficient (Wildman–Crippen LogP) is 0.611. The molecular weight excluding hydrogens is 130 g/mol. The van der Waals surface area contributed by atoms with Crippen molar-refractivity contribution in [2.45, 2.75) is 38.3 Å². The summed E-state index contributed by atoms with van der Waals surface area (Å²) in [7, 11) is 0. The molecule has 1 heterocycles. The van der Waals surface area contributed by atoms with Gasteiger partial charge in [0.1, 0.15) is 0 Å². The molecule has 2 atom stereocenters. The molecular formula is C7H15NO2. The summed E-state index contributed by atoms with van der Waals surface area (Å²) in [5.41, 5.74) is 0. The van der Waals surface area contributed by atoms with Crippen LogP contribution in [0.1, 0.15) is 26.2 Å². The molecule has 1 aliphatic heterocycles. The van der Waals surface area contributed by atoms with Crippen LogP contribution in [0.4, 0.5) is 0 Å². The molecule has 0 aromatic rings.